The number of rotatable bonds is 1. The third-order valence-corrected chi connectivity index (χ3v) is 4.87. The second-order valence-electron chi connectivity index (χ2n) is 5.32. The summed E-state index contributed by atoms with van der Waals surface area (Å²) in [5, 5.41) is 2.08. The van der Waals surface area contributed by atoms with E-state index < -0.39 is 0 Å². The van der Waals surface area contributed by atoms with Crippen LogP contribution in [0, 0.1) is 22.7 Å². The summed E-state index contributed by atoms with van der Waals surface area (Å²) in [7, 11) is 0. The van der Waals surface area contributed by atoms with Gasteiger partial charge in [-0.05, 0) is 35.5 Å². The van der Waals surface area contributed by atoms with Gasteiger partial charge in [0.2, 0.25) is 0 Å². The molecule has 0 aromatic heterocycles. The summed E-state index contributed by atoms with van der Waals surface area (Å²) < 4.78 is 0. The topological polar surface area (TPSA) is 0 Å². The summed E-state index contributed by atoms with van der Waals surface area (Å²) >= 11 is 5.20. The molecular formula is C11H18S. The summed E-state index contributed by atoms with van der Waals surface area (Å²) in [6.45, 7) is 7.14. The first kappa shape index (κ1) is 8.68. The van der Waals surface area contributed by atoms with Crippen molar-refractivity contribution in [1.82, 2.24) is 0 Å². The minimum atomic E-state index is 0.444. The van der Waals surface area contributed by atoms with Crippen molar-refractivity contribution in [2.24, 2.45) is 22.7 Å². The van der Waals surface area contributed by atoms with Crippen LogP contribution in [-0.2, 0) is 0 Å². The Balaban J connectivity index is 2.25. The van der Waals surface area contributed by atoms with Crippen LogP contribution in [0.1, 0.15) is 40.0 Å². The van der Waals surface area contributed by atoms with E-state index in [9.17, 15) is 0 Å². The minimum Gasteiger partial charge on any atom is -0.0928 e. The van der Waals surface area contributed by atoms with Gasteiger partial charge in [0.05, 0.1) is 0 Å². The molecule has 0 heterocycles. The van der Waals surface area contributed by atoms with Gasteiger partial charge < -0.3 is 0 Å². The van der Waals surface area contributed by atoms with E-state index >= 15 is 0 Å². The molecule has 68 valence electrons. The molecule has 0 aromatic carbocycles. The highest BCUT2D eigenvalue weighted by Crippen LogP contribution is 2.74. The smallest absolute Gasteiger partial charge is 0.00765 e. The van der Waals surface area contributed by atoms with Gasteiger partial charge in [0.1, 0.15) is 0 Å². The van der Waals surface area contributed by atoms with Crippen LogP contribution in [0.5, 0.6) is 0 Å². The lowest BCUT2D eigenvalue weighted by Gasteiger charge is -2.23. The van der Waals surface area contributed by atoms with E-state index in [2.05, 4.69) is 26.1 Å². The highest BCUT2D eigenvalue weighted by Gasteiger charge is 2.70. The van der Waals surface area contributed by atoms with Crippen LogP contribution in [-0.4, -0.2) is 5.37 Å². The standard InChI is InChI=1S/C11H18S/c1-8-4-5-9-10(2,3)11(9,6-8)7-12/h7-9H,4-6H2,1-3H3. The molecule has 0 saturated heterocycles. The van der Waals surface area contributed by atoms with Crippen LogP contribution in [0.15, 0.2) is 0 Å². The Hall–Kier alpha value is 0.0900. The van der Waals surface area contributed by atoms with Crippen molar-refractivity contribution in [2.75, 3.05) is 0 Å². The van der Waals surface area contributed by atoms with Crippen LogP contribution in [0.3, 0.4) is 0 Å². The van der Waals surface area contributed by atoms with E-state index in [1.165, 1.54) is 19.3 Å². The van der Waals surface area contributed by atoms with E-state index in [1.807, 2.05) is 0 Å². The molecule has 2 aliphatic carbocycles. The van der Waals surface area contributed by atoms with Crippen molar-refractivity contribution >= 4 is 17.6 Å². The summed E-state index contributed by atoms with van der Waals surface area (Å²) in [4.78, 5) is 0. The van der Waals surface area contributed by atoms with Gasteiger partial charge in [-0.1, -0.05) is 39.4 Å². The molecule has 2 fully saturated rings. The molecular weight excluding hydrogens is 164 g/mol. The first-order chi connectivity index (χ1) is 5.54. The average molecular weight is 182 g/mol. The van der Waals surface area contributed by atoms with Crippen LogP contribution in [0.4, 0.5) is 0 Å². The number of thiocarbonyl (C=S) groups is 1. The summed E-state index contributed by atoms with van der Waals surface area (Å²) in [6, 6.07) is 0. The van der Waals surface area contributed by atoms with Crippen LogP contribution >= 0.6 is 12.2 Å². The lowest BCUT2D eigenvalue weighted by molar-refractivity contribution is 0.329. The SMILES string of the molecule is CC1CCC2C(C)(C)C2(C=S)C1. The molecule has 3 unspecified atom stereocenters. The maximum absolute atomic E-state index is 5.20. The second kappa shape index (κ2) is 2.31. The Morgan fingerprint density at radius 3 is 2.50 bits per heavy atom. The fraction of sp³-hybridized carbons (Fsp3) is 0.909. The van der Waals surface area contributed by atoms with Crippen molar-refractivity contribution < 1.29 is 0 Å². The average Bonchev–Trinajstić information content (AvgIpc) is 2.49. The predicted molar refractivity (Wildman–Crippen MR) is 56.4 cm³/mol. The number of fused-ring (bicyclic) bond motifs is 1. The normalized spacial score (nSPS) is 49.6. The van der Waals surface area contributed by atoms with Crippen LogP contribution in [0.2, 0.25) is 0 Å². The van der Waals surface area contributed by atoms with Crippen molar-refractivity contribution in [3.63, 3.8) is 0 Å². The molecule has 2 aliphatic rings. The molecule has 0 aliphatic heterocycles. The lowest BCUT2D eigenvalue weighted by atomic mass is 9.82. The molecule has 0 bridgehead atoms. The molecule has 0 amide bonds. The molecule has 0 radical (unpaired) electrons. The molecule has 1 heteroatoms. The first-order valence-electron chi connectivity index (χ1n) is 5.01. The molecule has 0 aromatic rings. The largest absolute Gasteiger partial charge is 0.0928 e. The zero-order valence-corrected chi connectivity index (χ0v) is 9.08. The Bertz CT molecular complexity index is 219. The number of hydrogen-bond donors (Lipinski definition) is 0. The quantitative estimate of drug-likeness (QED) is 0.560. The van der Waals surface area contributed by atoms with Gasteiger partial charge in [0.15, 0.2) is 0 Å². The fourth-order valence-corrected chi connectivity index (χ4v) is 4.00. The van der Waals surface area contributed by atoms with E-state index in [0.29, 0.717) is 10.8 Å². The molecule has 12 heavy (non-hydrogen) atoms. The highest BCUT2D eigenvalue weighted by atomic mass is 32.1. The third kappa shape index (κ3) is 0.810. The molecule has 0 spiro atoms. The van der Waals surface area contributed by atoms with Gasteiger partial charge in [-0.2, -0.15) is 0 Å². The van der Waals surface area contributed by atoms with E-state index in [-0.39, 0.29) is 0 Å². The zero-order valence-electron chi connectivity index (χ0n) is 8.26. The van der Waals surface area contributed by atoms with Crippen LogP contribution < -0.4 is 0 Å². The van der Waals surface area contributed by atoms with E-state index in [0.717, 1.165) is 11.8 Å². The second-order valence-corrected chi connectivity index (χ2v) is 5.55. The van der Waals surface area contributed by atoms with Gasteiger partial charge >= 0.3 is 0 Å². The Labute approximate surface area is 80.7 Å². The minimum absolute atomic E-state index is 0.444. The maximum Gasteiger partial charge on any atom is 0.00765 e. The van der Waals surface area contributed by atoms with Crippen molar-refractivity contribution in [2.45, 2.75) is 40.0 Å². The van der Waals surface area contributed by atoms with Crippen molar-refractivity contribution in [1.29, 1.82) is 0 Å². The van der Waals surface area contributed by atoms with E-state index in [4.69, 9.17) is 12.2 Å². The summed E-state index contributed by atoms with van der Waals surface area (Å²) in [5.74, 6) is 1.79. The Morgan fingerprint density at radius 1 is 1.33 bits per heavy atom. The van der Waals surface area contributed by atoms with Gasteiger partial charge in [0.25, 0.3) is 0 Å². The number of hydrogen-bond acceptors (Lipinski definition) is 1. The molecule has 0 N–H and O–H groups in total. The van der Waals surface area contributed by atoms with E-state index in [1.54, 1.807) is 0 Å². The maximum atomic E-state index is 5.20. The van der Waals surface area contributed by atoms with Gasteiger partial charge in [-0.3, -0.25) is 0 Å². The first-order valence-corrected chi connectivity index (χ1v) is 5.48. The van der Waals surface area contributed by atoms with Gasteiger partial charge in [-0.15, -0.1) is 0 Å². The lowest BCUT2D eigenvalue weighted by Crippen LogP contribution is -2.17. The molecule has 2 rings (SSSR count). The summed E-state index contributed by atoms with van der Waals surface area (Å²) in [5.41, 5.74) is 0.958. The summed E-state index contributed by atoms with van der Waals surface area (Å²) in [6.07, 6.45) is 4.16. The highest BCUT2D eigenvalue weighted by molar-refractivity contribution is 7.79. The third-order valence-electron chi connectivity index (χ3n) is 4.45. The molecule has 0 nitrogen and oxygen atoms in total. The van der Waals surface area contributed by atoms with Crippen molar-refractivity contribution in [3.8, 4) is 0 Å². The fourth-order valence-electron chi connectivity index (χ4n) is 3.44. The Kier molecular flexibility index (Phi) is 1.67. The monoisotopic (exact) mass is 182 g/mol. The molecule has 3 atom stereocenters. The molecule has 2 saturated carbocycles. The van der Waals surface area contributed by atoms with Crippen molar-refractivity contribution in [3.05, 3.63) is 0 Å². The van der Waals surface area contributed by atoms with Gasteiger partial charge in [-0.25, -0.2) is 0 Å². The zero-order chi connectivity index (χ0) is 8.98. The predicted octanol–water partition coefficient (Wildman–Crippen LogP) is 3.45. The van der Waals surface area contributed by atoms with Gasteiger partial charge in [0, 0.05) is 5.41 Å². The Morgan fingerprint density at radius 2 is 2.00 bits per heavy atom. The van der Waals surface area contributed by atoms with Crippen LogP contribution in [0.25, 0.3) is 0 Å².